The van der Waals surface area contributed by atoms with E-state index in [0.29, 0.717) is 40.5 Å². The summed E-state index contributed by atoms with van der Waals surface area (Å²) in [4.78, 5) is 25.0. The molecule has 0 bridgehead atoms. The molecule has 0 radical (unpaired) electrons. The van der Waals surface area contributed by atoms with Gasteiger partial charge in [-0.1, -0.05) is 29.3 Å². The quantitative estimate of drug-likeness (QED) is 0.905. The number of amides is 1. The second-order valence-electron chi connectivity index (χ2n) is 5.59. The Labute approximate surface area is 150 Å². The van der Waals surface area contributed by atoms with Crippen LogP contribution in [0.15, 0.2) is 30.5 Å². The molecule has 2 heterocycles. The Morgan fingerprint density at radius 3 is 2.67 bits per heavy atom. The second-order valence-corrected chi connectivity index (χ2v) is 6.37. The predicted molar refractivity (Wildman–Crippen MR) is 95.2 cm³/mol. The molecule has 1 N–H and O–H groups in total. The Balaban J connectivity index is 1.76. The molecule has 0 spiro atoms. The summed E-state index contributed by atoms with van der Waals surface area (Å²) in [6.07, 6.45) is 1.55. The highest BCUT2D eigenvalue weighted by atomic mass is 35.5. The van der Waals surface area contributed by atoms with Crippen LogP contribution in [0.2, 0.25) is 10.0 Å². The van der Waals surface area contributed by atoms with Crippen LogP contribution in [-0.4, -0.2) is 58.9 Å². The highest BCUT2D eigenvalue weighted by molar-refractivity contribution is 6.43. The molecule has 1 aliphatic heterocycles. The van der Waals surface area contributed by atoms with Crippen molar-refractivity contribution in [3.8, 4) is 0 Å². The number of anilines is 2. The Kier molecular flexibility index (Phi) is 5.18. The van der Waals surface area contributed by atoms with Gasteiger partial charge in [-0.3, -0.25) is 4.79 Å². The number of likely N-dealkylation sites (N-methyl/N-ethyl adjacent to an activating group) is 1. The van der Waals surface area contributed by atoms with Crippen molar-refractivity contribution in [2.45, 2.75) is 0 Å². The number of benzene rings is 1. The number of nitrogens with one attached hydrogen (secondary N) is 1. The highest BCUT2D eigenvalue weighted by Crippen LogP contribution is 2.30. The number of hydrogen-bond acceptors (Lipinski definition) is 5. The first kappa shape index (κ1) is 17.0. The van der Waals surface area contributed by atoms with Crippen molar-refractivity contribution < 1.29 is 4.79 Å². The van der Waals surface area contributed by atoms with E-state index in [-0.39, 0.29) is 5.91 Å². The van der Waals surface area contributed by atoms with Crippen LogP contribution in [-0.2, 0) is 0 Å². The van der Waals surface area contributed by atoms with E-state index in [1.54, 1.807) is 35.4 Å². The first-order valence-electron chi connectivity index (χ1n) is 7.56. The molecule has 1 amide bonds. The molecule has 1 aromatic carbocycles. The lowest BCUT2D eigenvalue weighted by Crippen LogP contribution is -2.47. The van der Waals surface area contributed by atoms with Gasteiger partial charge in [0, 0.05) is 32.4 Å². The molecular weight excluding hydrogens is 349 g/mol. The number of rotatable bonds is 3. The molecule has 1 aliphatic rings. The van der Waals surface area contributed by atoms with E-state index in [1.807, 2.05) is 7.05 Å². The molecule has 0 aliphatic carbocycles. The summed E-state index contributed by atoms with van der Waals surface area (Å²) < 4.78 is 0. The maximum absolute atomic E-state index is 12.6. The normalized spacial score (nSPS) is 15.4. The van der Waals surface area contributed by atoms with Crippen LogP contribution in [0.4, 0.5) is 11.6 Å². The van der Waals surface area contributed by atoms with Crippen molar-refractivity contribution in [2.75, 3.05) is 38.5 Å². The summed E-state index contributed by atoms with van der Waals surface area (Å²) >= 11 is 12.1. The fraction of sp³-hybridized carbons (Fsp3) is 0.312. The first-order chi connectivity index (χ1) is 11.5. The minimum Gasteiger partial charge on any atom is -0.335 e. The minimum atomic E-state index is -0.0919. The topological polar surface area (TPSA) is 61.4 Å². The van der Waals surface area contributed by atoms with Crippen LogP contribution in [0, 0.1) is 0 Å². The maximum atomic E-state index is 12.6. The van der Waals surface area contributed by atoms with E-state index in [2.05, 4.69) is 20.2 Å². The Morgan fingerprint density at radius 1 is 1.17 bits per heavy atom. The number of hydrogen-bond donors (Lipinski definition) is 1. The molecule has 24 heavy (non-hydrogen) atoms. The number of nitrogens with zero attached hydrogens (tertiary/aromatic N) is 4. The third kappa shape index (κ3) is 3.77. The predicted octanol–water partition coefficient (Wildman–Crippen LogP) is 2.91. The standard InChI is InChI=1S/C16H17Cl2N5O/c1-22-7-9-23(10-8-22)15(24)13-5-6-19-16(21-13)20-12-4-2-3-11(17)14(12)18/h2-6H,7-10H2,1H3,(H,19,20,21). The molecule has 3 rings (SSSR count). The molecule has 126 valence electrons. The first-order valence-corrected chi connectivity index (χ1v) is 8.32. The van der Waals surface area contributed by atoms with Gasteiger partial charge >= 0.3 is 0 Å². The fourth-order valence-corrected chi connectivity index (χ4v) is 2.78. The summed E-state index contributed by atoms with van der Waals surface area (Å²) in [5, 5.41) is 3.82. The van der Waals surface area contributed by atoms with Crippen molar-refractivity contribution in [1.29, 1.82) is 0 Å². The molecule has 1 saturated heterocycles. The molecule has 0 saturated carbocycles. The molecule has 1 fully saturated rings. The smallest absolute Gasteiger partial charge is 0.272 e. The van der Waals surface area contributed by atoms with Crippen LogP contribution in [0.1, 0.15) is 10.5 Å². The average molecular weight is 366 g/mol. The fourth-order valence-electron chi connectivity index (χ4n) is 2.43. The molecular formula is C16H17Cl2N5O. The Hall–Kier alpha value is -1.89. The lowest BCUT2D eigenvalue weighted by molar-refractivity contribution is 0.0658. The van der Waals surface area contributed by atoms with Crippen LogP contribution in [0.25, 0.3) is 0 Å². The lowest BCUT2D eigenvalue weighted by atomic mass is 10.3. The second kappa shape index (κ2) is 7.34. The SMILES string of the molecule is CN1CCN(C(=O)c2ccnc(Nc3cccc(Cl)c3Cl)n2)CC1. The van der Waals surface area contributed by atoms with E-state index >= 15 is 0 Å². The maximum Gasteiger partial charge on any atom is 0.272 e. The zero-order valence-electron chi connectivity index (χ0n) is 13.2. The van der Waals surface area contributed by atoms with E-state index < -0.39 is 0 Å². The summed E-state index contributed by atoms with van der Waals surface area (Å²) in [6.45, 7) is 3.12. The molecule has 8 heteroatoms. The number of halogens is 2. The van der Waals surface area contributed by atoms with Crippen LogP contribution in [0.3, 0.4) is 0 Å². The van der Waals surface area contributed by atoms with Gasteiger partial charge in [-0.2, -0.15) is 0 Å². The summed E-state index contributed by atoms with van der Waals surface area (Å²) in [6, 6.07) is 6.86. The van der Waals surface area contributed by atoms with Gasteiger partial charge in [0.2, 0.25) is 5.95 Å². The third-order valence-corrected chi connectivity index (χ3v) is 4.68. The van der Waals surface area contributed by atoms with Crippen molar-refractivity contribution >= 4 is 40.7 Å². The van der Waals surface area contributed by atoms with Crippen molar-refractivity contribution in [3.63, 3.8) is 0 Å². The molecule has 1 aromatic heterocycles. The van der Waals surface area contributed by atoms with E-state index in [4.69, 9.17) is 23.2 Å². The van der Waals surface area contributed by atoms with Crippen LogP contribution < -0.4 is 5.32 Å². The van der Waals surface area contributed by atoms with Gasteiger partial charge in [0.05, 0.1) is 15.7 Å². The van der Waals surface area contributed by atoms with Crippen LogP contribution >= 0.6 is 23.2 Å². The third-order valence-electron chi connectivity index (χ3n) is 3.86. The summed E-state index contributed by atoms with van der Waals surface area (Å²) in [5.41, 5.74) is 0.948. The molecule has 0 unspecified atom stereocenters. The Morgan fingerprint density at radius 2 is 1.92 bits per heavy atom. The van der Waals surface area contributed by atoms with Gasteiger partial charge in [0.1, 0.15) is 5.69 Å². The monoisotopic (exact) mass is 365 g/mol. The zero-order chi connectivity index (χ0) is 17.1. The van der Waals surface area contributed by atoms with Gasteiger partial charge in [-0.05, 0) is 25.2 Å². The average Bonchev–Trinajstić information content (AvgIpc) is 2.59. The zero-order valence-corrected chi connectivity index (χ0v) is 14.7. The van der Waals surface area contributed by atoms with Gasteiger partial charge < -0.3 is 15.1 Å². The highest BCUT2D eigenvalue weighted by Gasteiger charge is 2.21. The van der Waals surface area contributed by atoms with Crippen molar-refractivity contribution in [2.24, 2.45) is 0 Å². The number of piperazine rings is 1. The number of carbonyl (C=O) groups is 1. The number of carbonyl (C=O) groups excluding carboxylic acids is 1. The van der Waals surface area contributed by atoms with Gasteiger partial charge in [-0.25, -0.2) is 9.97 Å². The Bertz CT molecular complexity index is 747. The van der Waals surface area contributed by atoms with Crippen molar-refractivity contribution in [3.05, 3.63) is 46.2 Å². The van der Waals surface area contributed by atoms with Gasteiger partial charge in [0.25, 0.3) is 5.91 Å². The van der Waals surface area contributed by atoms with Gasteiger partial charge in [-0.15, -0.1) is 0 Å². The summed E-state index contributed by atoms with van der Waals surface area (Å²) in [7, 11) is 2.04. The van der Waals surface area contributed by atoms with E-state index in [0.717, 1.165) is 13.1 Å². The minimum absolute atomic E-state index is 0.0919. The molecule has 2 aromatic rings. The lowest BCUT2D eigenvalue weighted by Gasteiger charge is -2.32. The van der Waals surface area contributed by atoms with Crippen molar-refractivity contribution in [1.82, 2.24) is 19.8 Å². The van der Waals surface area contributed by atoms with Gasteiger partial charge in [0.15, 0.2) is 0 Å². The summed E-state index contributed by atoms with van der Waals surface area (Å²) in [5.74, 6) is 0.213. The molecule has 0 atom stereocenters. The van der Waals surface area contributed by atoms with Crippen LogP contribution in [0.5, 0.6) is 0 Å². The number of aromatic nitrogens is 2. The largest absolute Gasteiger partial charge is 0.335 e. The van der Waals surface area contributed by atoms with E-state index in [1.165, 1.54) is 0 Å². The molecule has 6 nitrogen and oxygen atoms in total. The van der Waals surface area contributed by atoms with E-state index in [9.17, 15) is 4.79 Å².